The van der Waals surface area contributed by atoms with Crippen molar-refractivity contribution in [1.29, 1.82) is 0 Å². The summed E-state index contributed by atoms with van der Waals surface area (Å²) in [5.74, 6) is 1.09. The van der Waals surface area contributed by atoms with Crippen LogP contribution in [0.5, 0.6) is 0 Å². The Bertz CT molecular complexity index is 259. The Morgan fingerprint density at radius 2 is 2.06 bits per heavy atom. The van der Waals surface area contributed by atoms with Gasteiger partial charge in [-0.05, 0) is 0 Å². The molecule has 0 aliphatic carbocycles. The number of ether oxygens (including phenoxy) is 1. The number of aliphatic carboxylic acids is 1. The third kappa shape index (κ3) is 3.84. The van der Waals surface area contributed by atoms with Gasteiger partial charge in [0.15, 0.2) is 0 Å². The first kappa shape index (κ1) is 13.1. The SMILES string of the molecule is O=C(O)C1CSCCN1CCN1CCOCC1. The number of hydrogen-bond acceptors (Lipinski definition) is 5. The van der Waals surface area contributed by atoms with Crippen LogP contribution in [-0.2, 0) is 9.53 Å². The topological polar surface area (TPSA) is 53.0 Å². The molecule has 0 spiro atoms. The summed E-state index contributed by atoms with van der Waals surface area (Å²) in [4.78, 5) is 15.6. The van der Waals surface area contributed by atoms with E-state index in [1.54, 1.807) is 11.8 Å². The van der Waals surface area contributed by atoms with Crippen molar-refractivity contribution in [2.75, 3.05) is 57.4 Å². The highest BCUT2D eigenvalue weighted by Crippen LogP contribution is 2.16. The van der Waals surface area contributed by atoms with E-state index in [4.69, 9.17) is 9.84 Å². The highest BCUT2D eigenvalue weighted by atomic mass is 32.2. The summed E-state index contributed by atoms with van der Waals surface area (Å²) >= 11 is 1.74. The summed E-state index contributed by atoms with van der Waals surface area (Å²) in [6.07, 6.45) is 0. The summed E-state index contributed by atoms with van der Waals surface area (Å²) < 4.78 is 5.30. The third-order valence-electron chi connectivity index (χ3n) is 3.33. The molecule has 2 saturated heterocycles. The van der Waals surface area contributed by atoms with Gasteiger partial charge in [0.05, 0.1) is 13.2 Å². The molecule has 2 fully saturated rings. The molecule has 17 heavy (non-hydrogen) atoms. The number of rotatable bonds is 4. The number of carbonyl (C=O) groups is 1. The standard InChI is InChI=1S/C11H20N2O3S/c14-11(15)10-9-17-8-5-13(10)2-1-12-3-6-16-7-4-12/h10H,1-9H2,(H,14,15). The molecule has 1 N–H and O–H groups in total. The fourth-order valence-corrected chi connectivity index (χ4v) is 3.33. The predicted octanol–water partition coefficient (Wildman–Crippen LogP) is -0.179. The van der Waals surface area contributed by atoms with Crippen LogP contribution in [0.1, 0.15) is 0 Å². The Morgan fingerprint density at radius 1 is 1.29 bits per heavy atom. The van der Waals surface area contributed by atoms with E-state index >= 15 is 0 Å². The molecule has 1 atom stereocenters. The second kappa shape index (κ2) is 6.58. The zero-order chi connectivity index (χ0) is 12.1. The average Bonchev–Trinajstić information content (AvgIpc) is 2.38. The van der Waals surface area contributed by atoms with Gasteiger partial charge in [-0.2, -0.15) is 11.8 Å². The molecule has 2 aliphatic rings. The molecule has 0 radical (unpaired) electrons. The molecular formula is C11H20N2O3S. The summed E-state index contributed by atoms with van der Waals surface area (Å²) in [7, 11) is 0. The van der Waals surface area contributed by atoms with E-state index in [2.05, 4.69) is 9.80 Å². The van der Waals surface area contributed by atoms with Gasteiger partial charge in [-0.25, -0.2) is 0 Å². The molecule has 2 rings (SSSR count). The number of morpholine rings is 1. The van der Waals surface area contributed by atoms with Gasteiger partial charge in [0.2, 0.25) is 0 Å². The van der Waals surface area contributed by atoms with Gasteiger partial charge in [-0.1, -0.05) is 0 Å². The zero-order valence-electron chi connectivity index (χ0n) is 10.0. The fourth-order valence-electron chi connectivity index (χ4n) is 2.23. The molecule has 0 aromatic carbocycles. The van der Waals surface area contributed by atoms with Gasteiger partial charge in [0, 0.05) is 44.2 Å². The van der Waals surface area contributed by atoms with Crippen molar-refractivity contribution in [1.82, 2.24) is 9.80 Å². The van der Waals surface area contributed by atoms with Crippen LogP contribution in [0, 0.1) is 0 Å². The molecule has 0 aromatic heterocycles. The van der Waals surface area contributed by atoms with Crippen molar-refractivity contribution in [3.05, 3.63) is 0 Å². The summed E-state index contributed by atoms with van der Waals surface area (Å²) in [6.45, 7) is 6.26. The minimum absolute atomic E-state index is 0.296. The van der Waals surface area contributed by atoms with Crippen molar-refractivity contribution in [3.63, 3.8) is 0 Å². The third-order valence-corrected chi connectivity index (χ3v) is 4.35. The van der Waals surface area contributed by atoms with Crippen LogP contribution in [0.15, 0.2) is 0 Å². The first-order chi connectivity index (χ1) is 8.27. The quantitative estimate of drug-likeness (QED) is 0.757. The predicted molar refractivity (Wildman–Crippen MR) is 67.6 cm³/mol. The Kier molecular flexibility index (Phi) is 5.09. The summed E-state index contributed by atoms with van der Waals surface area (Å²) in [6, 6.07) is -0.296. The Balaban J connectivity index is 1.77. The van der Waals surface area contributed by atoms with Crippen LogP contribution in [0.3, 0.4) is 0 Å². The van der Waals surface area contributed by atoms with Gasteiger partial charge in [0.1, 0.15) is 6.04 Å². The van der Waals surface area contributed by atoms with Gasteiger partial charge in [-0.15, -0.1) is 0 Å². The van der Waals surface area contributed by atoms with Gasteiger partial charge in [-0.3, -0.25) is 14.6 Å². The van der Waals surface area contributed by atoms with Gasteiger partial charge in [0.25, 0.3) is 0 Å². The lowest BCUT2D eigenvalue weighted by Crippen LogP contribution is -2.50. The van der Waals surface area contributed by atoms with Crippen LogP contribution in [0.25, 0.3) is 0 Å². The fraction of sp³-hybridized carbons (Fsp3) is 0.909. The number of carboxylic acid groups (broad SMARTS) is 1. The van der Waals surface area contributed by atoms with Crippen molar-refractivity contribution in [2.45, 2.75) is 6.04 Å². The van der Waals surface area contributed by atoms with Gasteiger partial charge < -0.3 is 9.84 Å². The van der Waals surface area contributed by atoms with E-state index in [0.717, 1.165) is 57.4 Å². The van der Waals surface area contributed by atoms with E-state index in [9.17, 15) is 4.79 Å². The molecule has 0 amide bonds. The molecule has 0 aromatic rings. The highest BCUT2D eigenvalue weighted by molar-refractivity contribution is 7.99. The smallest absolute Gasteiger partial charge is 0.321 e. The molecule has 2 heterocycles. The first-order valence-electron chi connectivity index (χ1n) is 6.12. The maximum Gasteiger partial charge on any atom is 0.321 e. The van der Waals surface area contributed by atoms with E-state index < -0.39 is 5.97 Å². The normalized spacial score (nSPS) is 28.1. The lowest BCUT2D eigenvalue weighted by atomic mass is 10.2. The van der Waals surface area contributed by atoms with Crippen LogP contribution in [0.4, 0.5) is 0 Å². The second-order valence-electron chi connectivity index (χ2n) is 4.42. The van der Waals surface area contributed by atoms with E-state index in [0.29, 0.717) is 0 Å². The largest absolute Gasteiger partial charge is 0.480 e. The Morgan fingerprint density at radius 3 is 2.76 bits per heavy atom. The Labute approximate surface area is 106 Å². The van der Waals surface area contributed by atoms with Crippen LogP contribution >= 0.6 is 11.8 Å². The first-order valence-corrected chi connectivity index (χ1v) is 7.27. The zero-order valence-corrected chi connectivity index (χ0v) is 10.8. The maximum absolute atomic E-state index is 11.1. The average molecular weight is 260 g/mol. The molecule has 0 bridgehead atoms. The lowest BCUT2D eigenvalue weighted by molar-refractivity contribution is -0.142. The second-order valence-corrected chi connectivity index (χ2v) is 5.57. The van der Waals surface area contributed by atoms with Crippen molar-refractivity contribution in [3.8, 4) is 0 Å². The molecule has 98 valence electrons. The summed E-state index contributed by atoms with van der Waals surface area (Å²) in [5, 5.41) is 9.16. The van der Waals surface area contributed by atoms with E-state index in [1.165, 1.54) is 0 Å². The highest BCUT2D eigenvalue weighted by Gasteiger charge is 2.28. The molecule has 0 saturated carbocycles. The number of hydrogen-bond donors (Lipinski definition) is 1. The monoisotopic (exact) mass is 260 g/mol. The number of carboxylic acids is 1. The Hall–Kier alpha value is -0.300. The molecule has 6 heteroatoms. The minimum atomic E-state index is -0.681. The van der Waals surface area contributed by atoms with Crippen molar-refractivity contribution < 1.29 is 14.6 Å². The van der Waals surface area contributed by atoms with Crippen LogP contribution in [-0.4, -0.2) is 84.4 Å². The molecule has 1 unspecified atom stereocenters. The van der Waals surface area contributed by atoms with E-state index in [-0.39, 0.29) is 6.04 Å². The van der Waals surface area contributed by atoms with Crippen molar-refractivity contribution >= 4 is 17.7 Å². The van der Waals surface area contributed by atoms with Crippen LogP contribution in [0.2, 0.25) is 0 Å². The maximum atomic E-state index is 11.1. The van der Waals surface area contributed by atoms with Crippen LogP contribution < -0.4 is 0 Å². The summed E-state index contributed by atoms with van der Waals surface area (Å²) in [5.41, 5.74) is 0. The molecular weight excluding hydrogens is 240 g/mol. The lowest BCUT2D eigenvalue weighted by Gasteiger charge is -2.35. The number of nitrogens with zero attached hydrogens (tertiary/aromatic N) is 2. The number of thioether (sulfide) groups is 1. The van der Waals surface area contributed by atoms with Crippen molar-refractivity contribution in [2.24, 2.45) is 0 Å². The van der Waals surface area contributed by atoms with Gasteiger partial charge >= 0.3 is 5.97 Å². The minimum Gasteiger partial charge on any atom is -0.480 e. The molecule has 2 aliphatic heterocycles. The molecule has 5 nitrogen and oxygen atoms in total. The van der Waals surface area contributed by atoms with E-state index in [1.807, 2.05) is 0 Å².